The van der Waals surface area contributed by atoms with Gasteiger partial charge in [-0.2, -0.15) is 10.4 Å². The van der Waals surface area contributed by atoms with E-state index >= 15 is 0 Å². The van der Waals surface area contributed by atoms with Gasteiger partial charge in [-0.25, -0.2) is 9.97 Å². The van der Waals surface area contributed by atoms with Crippen molar-refractivity contribution in [1.29, 1.82) is 5.26 Å². The Balaban J connectivity index is 1.72. The first-order chi connectivity index (χ1) is 10.7. The van der Waals surface area contributed by atoms with Gasteiger partial charge < -0.3 is 9.64 Å². The summed E-state index contributed by atoms with van der Waals surface area (Å²) in [5.41, 5.74) is 1.35. The first-order valence-electron chi connectivity index (χ1n) is 7.25. The molecule has 7 heteroatoms. The molecule has 1 N–H and O–H groups in total. The number of aromatic amines is 1. The highest BCUT2D eigenvalue weighted by molar-refractivity contribution is 5.44. The summed E-state index contributed by atoms with van der Waals surface area (Å²) in [7, 11) is 1.98. The van der Waals surface area contributed by atoms with Crippen LogP contribution in [-0.4, -0.2) is 46.5 Å². The largest absolute Gasteiger partial charge is 0.376 e. The topological polar surface area (TPSA) is 90.7 Å². The van der Waals surface area contributed by atoms with Gasteiger partial charge in [0, 0.05) is 26.1 Å². The molecule has 0 saturated carbocycles. The molecule has 2 atom stereocenters. The Morgan fingerprint density at radius 2 is 2.36 bits per heavy atom. The lowest BCUT2D eigenvalue weighted by Crippen LogP contribution is -2.32. The first-order valence-corrected chi connectivity index (χ1v) is 7.25. The second-order valence-corrected chi connectivity index (χ2v) is 5.47. The summed E-state index contributed by atoms with van der Waals surface area (Å²) in [4.78, 5) is 10.8. The number of nitriles is 1. The second-order valence-electron chi connectivity index (χ2n) is 5.47. The van der Waals surface area contributed by atoms with Crippen molar-refractivity contribution in [1.82, 2.24) is 20.2 Å². The number of nitrogens with zero attached hydrogens (tertiary/aromatic N) is 5. The van der Waals surface area contributed by atoms with Crippen LogP contribution in [-0.2, 0) is 4.74 Å². The van der Waals surface area contributed by atoms with Gasteiger partial charge in [-0.15, -0.1) is 0 Å². The molecule has 2 aromatic heterocycles. The van der Waals surface area contributed by atoms with Crippen molar-refractivity contribution in [2.75, 3.05) is 25.1 Å². The third-order valence-corrected chi connectivity index (χ3v) is 4.03. The van der Waals surface area contributed by atoms with Crippen LogP contribution in [0.1, 0.15) is 29.4 Å². The Kier molecular flexibility index (Phi) is 4.02. The molecular weight excluding hydrogens is 280 g/mol. The van der Waals surface area contributed by atoms with Crippen LogP contribution in [0.25, 0.3) is 0 Å². The molecule has 1 fully saturated rings. The molecule has 1 aliphatic heterocycles. The lowest BCUT2D eigenvalue weighted by Gasteiger charge is -2.25. The number of hydrogen-bond donors (Lipinski definition) is 1. The van der Waals surface area contributed by atoms with Gasteiger partial charge >= 0.3 is 0 Å². The molecule has 2 aromatic rings. The SMILES string of the molecule is Cc1nc(N(C)C[C@H]2OCC[C@H]2c2ncn[nH]2)ccc1C#N. The third-order valence-electron chi connectivity index (χ3n) is 4.03. The summed E-state index contributed by atoms with van der Waals surface area (Å²) in [5, 5.41) is 15.8. The monoisotopic (exact) mass is 298 g/mol. The minimum atomic E-state index is 0.0516. The molecule has 0 amide bonds. The molecule has 7 nitrogen and oxygen atoms in total. The van der Waals surface area contributed by atoms with Gasteiger partial charge in [0.15, 0.2) is 0 Å². The number of hydrogen-bond acceptors (Lipinski definition) is 6. The molecule has 1 aliphatic rings. The van der Waals surface area contributed by atoms with E-state index in [4.69, 9.17) is 10.00 Å². The zero-order chi connectivity index (χ0) is 15.5. The molecule has 0 unspecified atom stereocenters. The fraction of sp³-hybridized carbons (Fsp3) is 0.467. The first kappa shape index (κ1) is 14.5. The van der Waals surface area contributed by atoms with Gasteiger partial charge in [0.1, 0.15) is 24.0 Å². The molecule has 3 heterocycles. The van der Waals surface area contributed by atoms with E-state index in [0.717, 1.165) is 30.4 Å². The number of nitrogens with one attached hydrogen (secondary N) is 1. The standard InChI is InChI=1S/C15H18N6O/c1-10-11(7-16)3-4-14(19-10)21(2)8-13-12(5-6-22-13)15-17-9-18-20-15/h3-4,9,12-13H,5-6,8H2,1-2H3,(H,17,18,20)/t12-,13-/m1/s1. The van der Waals surface area contributed by atoms with Crippen molar-refractivity contribution in [3.05, 3.63) is 35.5 Å². The Morgan fingerprint density at radius 1 is 1.50 bits per heavy atom. The minimum absolute atomic E-state index is 0.0516. The van der Waals surface area contributed by atoms with E-state index in [1.165, 1.54) is 6.33 Å². The Bertz CT molecular complexity index is 678. The lowest BCUT2D eigenvalue weighted by atomic mass is 10.0. The van der Waals surface area contributed by atoms with Crippen LogP contribution in [0.3, 0.4) is 0 Å². The maximum absolute atomic E-state index is 8.98. The summed E-state index contributed by atoms with van der Waals surface area (Å²) in [6, 6.07) is 5.80. The van der Waals surface area contributed by atoms with Crippen LogP contribution >= 0.6 is 0 Å². The van der Waals surface area contributed by atoms with E-state index < -0.39 is 0 Å². The number of ether oxygens (including phenoxy) is 1. The van der Waals surface area contributed by atoms with Crippen molar-refractivity contribution in [3.8, 4) is 6.07 Å². The predicted molar refractivity (Wildman–Crippen MR) is 80.4 cm³/mol. The maximum Gasteiger partial charge on any atom is 0.137 e. The number of aryl methyl sites for hydroxylation is 1. The number of likely N-dealkylation sites (N-methyl/N-ethyl adjacent to an activating group) is 1. The Morgan fingerprint density at radius 3 is 3.05 bits per heavy atom. The smallest absolute Gasteiger partial charge is 0.137 e. The minimum Gasteiger partial charge on any atom is -0.376 e. The van der Waals surface area contributed by atoms with E-state index in [2.05, 4.69) is 26.2 Å². The summed E-state index contributed by atoms with van der Waals surface area (Å²) in [5.74, 6) is 1.94. The fourth-order valence-corrected chi connectivity index (χ4v) is 2.78. The molecule has 0 radical (unpaired) electrons. The summed E-state index contributed by atoms with van der Waals surface area (Å²) in [6.07, 6.45) is 2.52. The van der Waals surface area contributed by atoms with Crippen molar-refractivity contribution in [2.45, 2.75) is 25.4 Å². The van der Waals surface area contributed by atoms with Crippen molar-refractivity contribution in [3.63, 3.8) is 0 Å². The highest BCUT2D eigenvalue weighted by Crippen LogP contribution is 2.30. The molecule has 0 spiro atoms. The van der Waals surface area contributed by atoms with Gasteiger partial charge in [-0.1, -0.05) is 0 Å². The van der Waals surface area contributed by atoms with Crippen LogP contribution in [0.5, 0.6) is 0 Å². The van der Waals surface area contributed by atoms with Gasteiger partial charge in [0.2, 0.25) is 0 Å². The van der Waals surface area contributed by atoms with E-state index in [0.29, 0.717) is 12.1 Å². The lowest BCUT2D eigenvalue weighted by molar-refractivity contribution is 0.108. The normalized spacial score (nSPS) is 20.8. The van der Waals surface area contributed by atoms with Crippen LogP contribution in [0.15, 0.2) is 18.5 Å². The predicted octanol–water partition coefficient (Wildman–Crippen LogP) is 1.39. The molecule has 22 heavy (non-hydrogen) atoms. The molecule has 0 aromatic carbocycles. The molecular formula is C15H18N6O. The zero-order valence-electron chi connectivity index (χ0n) is 12.7. The Hall–Kier alpha value is -2.46. The van der Waals surface area contributed by atoms with Crippen molar-refractivity contribution >= 4 is 5.82 Å². The van der Waals surface area contributed by atoms with Crippen LogP contribution in [0, 0.1) is 18.3 Å². The van der Waals surface area contributed by atoms with Gasteiger partial charge in [-0.3, -0.25) is 5.10 Å². The molecule has 114 valence electrons. The quantitative estimate of drug-likeness (QED) is 0.917. The van der Waals surface area contributed by atoms with E-state index in [-0.39, 0.29) is 12.0 Å². The highest BCUT2D eigenvalue weighted by atomic mass is 16.5. The van der Waals surface area contributed by atoms with Crippen molar-refractivity contribution < 1.29 is 4.74 Å². The van der Waals surface area contributed by atoms with Gasteiger partial charge in [0.05, 0.1) is 17.4 Å². The number of rotatable bonds is 4. The van der Waals surface area contributed by atoms with Gasteiger partial charge in [-0.05, 0) is 25.5 Å². The third kappa shape index (κ3) is 2.78. The summed E-state index contributed by atoms with van der Waals surface area (Å²) in [6.45, 7) is 3.28. The summed E-state index contributed by atoms with van der Waals surface area (Å²) < 4.78 is 5.85. The van der Waals surface area contributed by atoms with E-state index in [9.17, 15) is 0 Å². The maximum atomic E-state index is 8.98. The Labute approximate surface area is 129 Å². The zero-order valence-corrected chi connectivity index (χ0v) is 12.7. The number of anilines is 1. The van der Waals surface area contributed by atoms with Crippen LogP contribution in [0.4, 0.5) is 5.82 Å². The average molecular weight is 298 g/mol. The fourth-order valence-electron chi connectivity index (χ4n) is 2.78. The van der Waals surface area contributed by atoms with Crippen molar-refractivity contribution in [2.24, 2.45) is 0 Å². The van der Waals surface area contributed by atoms with Crippen LogP contribution < -0.4 is 4.90 Å². The number of aromatic nitrogens is 4. The molecule has 1 saturated heterocycles. The van der Waals surface area contributed by atoms with E-state index in [1.807, 2.05) is 24.9 Å². The van der Waals surface area contributed by atoms with E-state index in [1.54, 1.807) is 6.07 Å². The number of H-pyrrole nitrogens is 1. The molecule has 0 bridgehead atoms. The second kappa shape index (κ2) is 6.12. The number of pyridine rings is 1. The highest BCUT2D eigenvalue weighted by Gasteiger charge is 2.32. The van der Waals surface area contributed by atoms with Crippen LogP contribution in [0.2, 0.25) is 0 Å². The average Bonchev–Trinajstić information content (AvgIpc) is 3.17. The summed E-state index contributed by atoms with van der Waals surface area (Å²) >= 11 is 0. The molecule has 3 rings (SSSR count). The molecule has 0 aliphatic carbocycles. The van der Waals surface area contributed by atoms with Gasteiger partial charge in [0.25, 0.3) is 0 Å².